The van der Waals surface area contributed by atoms with Gasteiger partial charge in [0.1, 0.15) is 5.75 Å². The normalized spacial score (nSPS) is 10.7. The van der Waals surface area contributed by atoms with Crippen molar-refractivity contribution in [1.82, 2.24) is 14.7 Å². The predicted molar refractivity (Wildman–Crippen MR) is 95.3 cm³/mol. The summed E-state index contributed by atoms with van der Waals surface area (Å²) >= 11 is 5.88. The molecule has 2 aromatic carbocycles. The molecule has 2 amide bonds. The van der Waals surface area contributed by atoms with E-state index in [9.17, 15) is 14.7 Å². The number of aromatic nitrogens is 2. The number of anilines is 1. The van der Waals surface area contributed by atoms with Crippen LogP contribution >= 0.6 is 11.6 Å². The van der Waals surface area contributed by atoms with Crippen LogP contribution in [0.1, 0.15) is 10.4 Å². The van der Waals surface area contributed by atoms with E-state index in [1.807, 2.05) is 0 Å². The third-order valence-corrected chi connectivity index (χ3v) is 3.86. The summed E-state index contributed by atoms with van der Waals surface area (Å²) in [7, 11) is 3.26. The van der Waals surface area contributed by atoms with Gasteiger partial charge >= 0.3 is 6.03 Å². The van der Waals surface area contributed by atoms with E-state index in [0.717, 1.165) is 0 Å². The van der Waals surface area contributed by atoms with Crippen LogP contribution in [-0.2, 0) is 0 Å². The molecule has 3 aromatic rings. The molecule has 7 nitrogen and oxygen atoms in total. The zero-order valence-corrected chi connectivity index (χ0v) is 14.3. The van der Waals surface area contributed by atoms with Gasteiger partial charge < -0.3 is 15.3 Å². The third-order valence-electron chi connectivity index (χ3n) is 3.63. The van der Waals surface area contributed by atoms with Crippen molar-refractivity contribution in [3.8, 4) is 5.75 Å². The van der Waals surface area contributed by atoms with Crippen molar-refractivity contribution in [3.63, 3.8) is 0 Å². The minimum absolute atomic E-state index is 0.0567. The smallest absolute Gasteiger partial charge is 0.344 e. The number of phenolic OH excluding ortho intramolecular Hbond substituents is 1. The molecule has 128 valence electrons. The van der Waals surface area contributed by atoms with Crippen molar-refractivity contribution in [1.29, 1.82) is 0 Å². The fourth-order valence-corrected chi connectivity index (χ4v) is 2.55. The molecule has 0 aliphatic rings. The first-order chi connectivity index (χ1) is 11.9. The maximum atomic E-state index is 12.4. The molecule has 0 spiro atoms. The lowest BCUT2D eigenvalue weighted by Gasteiger charge is -2.11. The standard InChI is InChI=1S/C17H15ClN4O3/c1-21(2)17(25)22-14-5-3-4-13(12(14)9-19-22)20-16(24)11-8-10(18)6-7-15(11)23/h3-9,23H,1-2H3,(H,20,24). The molecule has 0 saturated heterocycles. The highest BCUT2D eigenvalue weighted by molar-refractivity contribution is 6.31. The number of benzene rings is 2. The van der Waals surface area contributed by atoms with Crippen molar-refractivity contribution in [2.24, 2.45) is 0 Å². The Morgan fingerprint density at radius 3 is 2.72 bits per heavy atom. The summed E-state index contributed by atoms with van der Waals surface area (Å²) in [6, 6.07) is 9.05. The number of rotatable bonds is 2. The molecule has 0 bridgehead atoms. The summed E-state index contributed by atoms with van der Waals surface area (Å²) in [6.07, 6.45) is 1.50. The SMILES string of the molecule is CN(C)C(=O)n1ncc2c(NC(=O)c3cc(Cl)ccc3O)cccc21. The van der Waals surface area contributed by atoms with Gasteiger partial charge in [-0.3, -0.25) is 4.79 Å². The van der Waals surface area contributed by atoms with E-state index in [-0.39, 0.29) is 17.3 Å². The van der Waals surface area contributed by atoms with Crippen LogP contribution < -0.4 is 5.32 Å². The summed E-state index contributed by atoms with van der Waals surface area (Å²) in [5, 5.41) is 17.6. The van der Waals surface area contributed by atoms with Gasteiger partial charge in [-0.1, -0.05) is 17.7 Å². The fraction of sp³-hybridized carbons (Fsp3) is 0.118. The van der Waals surface area contributed by atoms with Crippen molar-refractivity contribution < 1.29 is 14.7 Å². The monoisotopic (exact) mass is 358 g/mol. The highest BCUT2D eigenvalue weighted by atomic mass is 35.5. The van der Waals surface area contributed by atoms with Gasteiger partial charge in [0, 0.05) is 24.5 Å². The molecule has 0 radical (unpaired) electrons. The van der Waals surface area contributed by atoms with Gasteiger partial charge in [-0.15, -0.1) is 0 Å². The molecule has 2 N–H and O–H groups in total. The van der Waals surface area contributed by atoms with E-state index >= 15 is 0 Å². The van der Waals surface area contributed by atoms with E-state index in [2.05, 4.69) is 10.4 Å². The molecule has 3 rings (SSSR count). The number of amides is 2. The van der Waals surface area contributed by atoms with E-state index < -0.39 is 5.91 Å². The molecule has 8 heteroatoms. The van der Waals surface area contributed by atoms with Crippen molar-refractivity contribution in [2.75, 3.05) is 19.4 Å². The molecule has 1 heterocycles. The van der Waals surface area contributed by atoms with E-state index in [4.69, 9.17) is 11.6 Å². The summed E-state index contributed by atoms with van der Waals surface area (Å²) in [5.41, 5.74) is 1.09. The van der Waals surface area contributed by atoms with E-state index in [1.54, 1.807) is 32.3 Å². The Hall–Kier alpha value is -3.06. The van der Waals surface area contributed by atoms with Gasteiger partial charge in [0.05, 0.1) is 23.0 Å². The summed E-state index contributed by atoms with van der Waals surface area (Å²) in [4.78, 5) is 26.0. The predicted octanol–water partition coefficient (Wildman–Crippen LogP) is 3.18. The summed E-state index contributed by atoms with van der Waals surface area (Å²) in [6.45, 7) is 0. The zero-order valence-electron chi connectivity index (χ0n) is 13.5. The maximum absolute atomic E-state index is 12.4. The highest BCUT2D eigenvalue weighted by Gasteiger charge is 2.17. The number of fused-ring (bicyclic) bond motifs is 1. The van der Waals surface area contributed by atoms with Crippen molar-refractivity contribution in [3.05, 3.63) is 53.2 Å². The van der Waals surface area contributed by atoms with Crippen LogP contribution in [0.3, 0.4) is 0 Å². The number of hydrogen-bond donors (Lipinski definition) is 2. The number of nitrogens with one attached hydrogen (secondary N) is 1. The first kappa shape index (κ1) is 16.8. The molecule has 0 aliphatic heterocycles. The Kier molecular flexibility index (Phi) is 4.33. The zero-order chi connectivity index (χ0) is 18.1. The van der Waals surface area contributed by atoms with Crippen LogP contribution in [0.25, 0.3) is 10.9 Å². The highest BCUT2D eigenvalue weighted by Crippen LogP contribution is 2.26. The molecule has 0 atom stereocenters. The average molecular weight is 359 g/mol. The van der Waals surface area contributed by atoms with Crippen LogP contribution in [0.15, 0.2) is 42.6 Å². The van der Waals surface area contributed by atoms with Gasteiger partial charge in [0.2, 0.25) is 0 Å². The van der Waals surface area contributed by atoms with Gasteiger partial charge in [-0.25, -0.2) is 4.79 Å². The molecule has 0 fully saturated rings. The van der Waals surface area contributed by atoms with Crippen LogP contribution in [0, 0.1) is 0 Å². The van der Waals surface area contributed by atoms with Crippen LogP contribution in [0.2, 0.25) is 5.02 Å². The number of phenols is 1. The first-order valence-corrected chi connectivity index (χ1v) is 7.74. The average Bonchev–Trinajstić information content (AvgIpc) is 3.01. The second-order valence-corrected chi connectivity index (χ2v) is 6.02. The Morgan fingerprint density at radius 2 is 2.00 bits per heavy atom. The van der Waals surface area contributed by atoms with E-state index in [0.29, 0.717) is 21.6 Å². The Morgan fingerprint density at radius 1 is 1.24 bits per heavy atom. The van der Waals surface area contributed by atoms with Crippen LogP contribution in [0.4, 0.5) is 10.5 Å². The molecule has 0 saturated carbocycles. The first-order valence-electron chi connectivity index (χ1n) is 7.37. The molecule has 0 unspecified atom stereocenters. The summed E-state index contributed by atoms with van der Waals surface area (Å²) < 4.78 is 1.25. The van der Waals surface area contributed by atoms with Crippen molar-refractivity contribution in [2.45, 2.75) is 0 Å². The quantitative estimate of drug-likeness (QED) is 0.736. The lowest BCUT2D eigenvalue weighted by molar-refractivity contribution is 0.102. The van der Waals surface area contributed by atoms with Gasteiger partial charge in [-0.05, 0) is 30.3 Å². The van der Waals surface area contributed by atoms with Crippen molar-refractivity contribution >= 4 is 40.1 Å². The number of nitrogens with zero attached hydrogens (tertiary/aromatic N) is 3. The molecular weight excluding hydrogens is 344 g/mol. The molecule has 25 heavy (non-hydrogen) atoms. The maximum Gasteiger partial charge on any atom is 0.344 e. The molecular formula is C17H15ClN4O3. The molecule has 0 aliphatic carbocycles. The van der Waals surface area contributed by atoms with E-state index in [1.165, 1.54) is 34.0 Å². The Labute approximate surface area is 148 Å². The Bertz CT molecular complexity index is 981. The summed E-state index contributed by atoms with van der Waals surface area (Å²) in [5.74, 6) is -0.688. The van der Waals surface area contributed by atoms with Gasteiger partial charge in [0.25, 0.3) is 5.91 Å². The van der Waals surface area contributed by atoms with Gasteiger partial charge in [0.15, 0.2) is 0 Å². The second kappa shape index (κ2) is 6.45. The number of halogens is 1. The Balaban J connectivity index is 1.98. The molecule has 1 aromatic heterocycles. The lowest BCUT2D eigenvalue weighted by Crippen LogP contribution is -2.27. The second-order valence-electron chi connectivity index (χ2n) is 5.59. The number of carbonyl (C=O) groups excluding carboxylic acids is 2. The topological polar surface area (TPSA) is 87.5 Å². The van der Waals surface area contributed by atoms with Gasteiger partial charge in [-0.2, -0.15) is 9.78 Å². The fourth-order valence-electron chi connectivity index (χ4n) is 2.38. The lowest BCUT2D eigenvalue weighted by atomic mass is 10.1. The number of hydrogen-bond acceptors (Lipinski definition) is 4. The minimum Gasteiger partial charge on any atom is -0.507 e. The van der Waals surface area contributed by atoms with Crippen LogP contribution in [0.5, 0.6) is 5.75 Å². The largest absolute Gasteiger partial charge is 0.507 e. The van der Waals surface area contributed by atoms with Crippen LogP contribution in [-0.4, -0.2) is 45.8 Å². The number of aromatic hydroxyl groups is 1. The number of carbonyl (C=O) groups is 2. The third kappa shape index (κ3) is 3.14. The minimum atomic E-state index is -0.515.